The Bertz CT molecular complexity index is 1200. The summed E-state index contributed by atoms with van der Waals surface area (Å²) in [6.45, 7) is 0. The maximum atomic E-state index is 12.3. The summed E-state index contributed by atoms with van der Waals surface area (Å²) in [6.07, 6.45) is 3.40. The van der Waals surface area contributed by atoms with Crippen molar-refractivity contribution in [3.8, 4) is 0 Å². The van der Waals surface area contributed by atoms with E-state index >= 15 is 0 Å². The van der Waals surface area contributed by atoms with Crippen LogP contribution in [-0.2, 0) is 17.6 Å². The molecule has 0 saturated heterocycles. The van der Waals surface area contributed by atoms with Crippen LogP contribution in [0.4, 0.5) is 5.69 Å². The molecule has 0 saturated carbocycles. The van der Waals surface area contributed by atoms with Crippen molar-refractivity contribution in [3.63, 3.8) is 0 Å². The van der Waals surface area contributed by atoms with E-state index in [4.69, 9.17) is 4.74 Å². The summed E-state index contributed by atoms with van der Waals surface area (Å²) in [4.78, 5) is 31.4. The molecule has 0 bridgehead atoms. The summed E-state index contributed by atoms with van der Waals surface area (Å²) in [5.41, 5.74) is 4.62. The first-order valence-electron chi connectivity index (χ1n) is 9.63. The van der Waals surface area contributed by atoms with E-state index < -0.39 is 5.97 Å². The number of methoxy groups -OCH3 is 1. The third-order valence-electron chi connectivity index (χ3n) is 4.86. The van der Waals surface area contributed by atoms with Gasteiger partial charge in [0.05, 0.1) is 7.11 Å². The average molecular weight is 399 g/mol. The van der Waals surface area contributed by atoms with Gasteiger partial charge in [-0.2, -0.15) is 0 Å². The number of hydrogen-bond acceptors (Lipinski definition) is 4. The highest BCUT2D eigenvalue weighted by molar-refractivity contribution is 6.04. The fourth-order valence-electron chi connectivity index (χ4n) is 3.30. The first-order chi connectivity index (χ1) is 14.6. The molecule has 0 unspecified atom stereocenters. The largest absolute Gasteiger partial charge is 0.464 e. The van der Waals surface area contributed by atoms with E-state index in [9.17, 15) is 9.59 Å². The zero-order valence-corrected chi connectivity index (χ0v) is 16.5. The number of hydrogen-bond donors (Lipinski definition) is 2. The maximum Gasteiger partial charge on any atom is 0.354 e. The molecule has 1 amide bonds. The number of nitrogens with zero attached hydrogens (tertiary/aromatic N) is 1. The minimum absolute atomic E-state index is 0.128. The van der Waals surface area contributed by atoms with Crippen LogP contribution in [0.25, 0.3) is 11.0 Å². The summed E-state index contributed by atoms with van der Waals surface area (Å²) >= 11 is 0. The van der Waals surface area contributed by atoms with Gasteiger partial charge in [-0.1, -0.05) is 30.3 Å². The molecule has 4 rings (SSSR count). The zero-order chi connectivity index (χ0) is 20.9. The molecule has 150 valence electrons. The van der Waals surface area contributed by atoms with Gasteiger partial charge in [-0.3, -0.25) is 4.79 Å². The van der Waals surface area contributed by atoms with E-state index in [0.717, 1.165) is 35.0 Å². The minimum atomic E-state index is -0.413. The van der Waals surface area contributed by atoms with E-state index in [-0.39, 0.29) is 5.91 Å². The smallest absolute Gasteiger partial charge is 0.354 e. The van der Waals surface area contributed by atoms with Gasteiger partial charge in [-0.25, -0.2) is 9.78 Å². The third-order valence-corrected chi connectivity index (χ3v) is 4.86. The van der Waals surface area contributed by atoms with Crippen molar-refractivity contribution < 1.29 is 14.3 Å². The van der Waals surface area contributed by atoms with Crippen LogP contribution in [0.1, 0.15) is 32.0 Å². The fourth-order valence-corrected chi connectivity index (χ4v) is 3.30. The summed E-state index contributed by atoms with van der Waals surface area (Å²) in [6, 6.07) is 20.7. The van der Waals surface area contributed by atoms with E-state index in [1.54, 1.807) is 24.4 Å². The highest BCUT2D eigenvalue weighted by atomic mass is 16.5. The molecule has 2 N–H and O–H groups in total. The molecular weight excluding hydrogens is 378 g/mol. The monoisotopic (exact) mass is 399 g/mol. The van der Waals surface area contributed by atoms with Gasteiger partial charge in [0.25, 0.3) is 5.91 Å². The second kappa shape index (κ2) is 8.61. The molecular formula is C24H21N3O3. The molecule has 30 heavy (non-hydrogen) atoms. The molecule has 0 spiro atoms. The third kappa shape index (κ3) is 4.38. The topological polar surface area (TPSA) is 84.1 Å². The molecule has 0 atom stereocenters. The first kappa shape index (κ1) is 19.4. The lowest BCUT2D eigenvalue weighted by molar-refractivity contribution is 0.0595. The lowest BCUT2D eigenvalue weighted by atomic mass is 10.0. The van der Waals surface area contributed by atoms with Crippen LogP contribution < -0.4 is 5.32 Å². The van der Waals surface area contributed by atoms with Crippen molar-refractivity contribution in [3.05, 3.63) is 95.3 Å². The highest BCUT2D eigenvalue weighted by Gasteiger charge is 2.11. The Morgan fingerprint density at radius 1 is 0.967 bits per heavy atom. The number of amides is 1. The number of fused-ring (bicyclic) bond motifs is 1. The number of carbonyl (C=O) groups is 2. The molecule has 4 aromatic rings. The first-order valence-corrected chi connectivity index (χ1v) is 9.63. The van der Waals surface area contributed by atoms with Gasteiger partial charge >= 0.3 is 5.97 Å². The number of carbonyl (C=O) groups excluding carboxylic acids is 2. The lowest BCUT2D eigenvalue weighted by Gasteiger charge is -2.08. The van der Waals surface area contributed by atoms with Crippen molar-refractivity contribution in [1.82, 2.24) is 9.97 Å². The fraction of sp³-hybridized carbons (Fsp3) is 0.125. The van der Waals surface area contributed by atoms with Gasteiger partial charge in [0.1, 0.15) is 11.3 Å². The molecule has 6 heteroatoms. The summed E-state index contributed by atoms with van der Waals surface area (Å²) in [7, 11) is 1.35. The Balaban J connectivity index is 1.43. The second-order valence-corrected chi connectivity index (χ2v) is 6.98. The van der Waals surface area contributed by atoms with Gasteiger partial charge in [-0.05, 0) is 60.4 Å². The number of aromatic amines is 1. The van der Waals surface area contributed by atoms with E-state index in [2.05, 4.69) is 15.3 Å². The van der Waals surface area contributed by atoms with Crippen LogP contribution in [0.15, 0.2) is 72.9 Å². The van der Waals surface area contributed by atoms with Gasteiger partial charge in [-0.15, -0.1) is 0 Å². The SMILES string of the molecule is COC(=O)c1cc2cc(CCc3cccc(NC(=O)c4ccccc4)c3)cnc2[nH]1. The van der Waals surface area contributed by atoms with E-state index in [1.165, 1.54) is 7.11 Å². The molecule has 0 aliphatic heterocycles. The van der Waals surface area contributed by atoms with Gasteiger partial charge in [0, 0.05) is 22.8 Å². The van der Waals surface area contributed by atoms with Gasteiger partial charge in [0.2, 0.25) is 0 Å². The molecule has 6 nitrogen and oxygen atoms in total. The Kier molecular flexibility index (Phi) is 5.57. The van der Waals surface area contributed by atoms with Crippen molar-refractivity contribution in [1.29, 1.82) is 0 Å². The van der Waals surface area contributed by atoms with Crippen molar-refractivity contribution >= 4 is 28.6 Å². The summed E-state index contributed by atoms with van der Waals surface area (Å²) < 4.78 is 4.74. The Labute approximate surface area is 173 Å². The molecule has 2 heterocycles. The molecule has 0 aliphatic carbocycles. The number of esters is 1. The molecule has 0 aliphatic rings. The van der Waals surface area contributed by atoms with Crippen molar-refractivity contribution in [2.75, 3.05) is 12.4 Å². The maximum absolute atomic E-state index is 12.3. The minimum Gasteiger partial charge on any atom is -0.464 e. The molecule has 2 aromatic heterocycles. The number of rotatable bonds is 6. The van der Waals surface area contributed by atoms with E-state index in [0.29, 0.717) is 16.9 Å². The van der Waals surface area contributed by atoms with E-state index in [1.807, 2.05) is 48.5 Å². The average Bonchev–Trinajstić information content (AvgIpc) is 3.21. The van der Waals surface area contributed by atoms with Crippen LogP contribution >= 0.6 is 0 Å². The number of H-pyrrole nitrogens is 1. The Morgan fingerprint density at radius 3 is 2.57 bits per heavy atom. The number of nitrogens with one attached hydrogen (secondary N) is 2. The lowest BCUT2D eigenvalue weighted by Crippen LogP contribution is -2.11. The van der Waals surface area contributed by atoms with Crippen LogP contribution in [0.3, 0.4) is 0 Å². The second-order valence-electron chi connectivity index (χ2n) is 6.98. The molecule has 0 fully saturated rings. The Hall–Kier alpha value is -3.93. The zero-order valence-electron chi connectivity index (χ0n) is 16.5. The summed E-state index contributed by atoms with van der Waals surface area (Å²) in [5.74, 6) is -0.541. The predicted octanol–water partition coefficient (Wildman–Crippen LogP) is 4.39. The Morgan fingerprint density at radius 2 is 1.77 bits per heavy atom. The van der Waals surface area contributed by atoms with Crippen LogP contribution in [0.2, 0.25) is 0 Å². The molecule has 2 aromatic carbocycles. The number of aromatic nitrogens is 2. The number of ether oxygens (including phenoxy) is 1. The standard InChI is InChI=1S/C24H21N3O3/c1-30-24(29)21-14-19-12-17(15-25-22(19)27-21)11-10-16-6-5-9-20(13-16)26-23(28)18-7-3-2-4-8-18/h2-9,12-15H,10-11H2,1H3,(H,25,27)(H,26,28). The highest BCUT2D eigenvalue weighted by Crippen LogP contribution is 2.18. The number of pyridine rings is 1. The predicted molar refractivity (Wildman–Crippen MR) is 116 cm³/mol. The van der Waals surface area contributed by atoms with Gasteiger partial charge in [0.15, 0.2) is 0 Å². The quantitative estimate of drug-likeness (QED) is 0.471. The van der Waals surface area contributed by atoms with Crippen LogP contribution in [-0.4, -0.2) is 29.0 Å². The van der Waals surface area contributed by atoms with Crippen molar-refractivity contribution in [2.24, 2.45) is 0 Å². The number of aryl methyl sites for hydroxylation is 2. The number of anilines is 1. The van der Waals surface area contributed by atoms with Gasteiger partial charge < -0.3 is 15.0 Å². The number of benzene rings is 2. The van der Waals surface area contributed by atoms with Crippen molar-refractivity contribution in [2.45, 2.75) is 12.8 Å². The van der Waals surface area contributed by atoms with Crippen LogP contribution in [0.5, 0.6) is 0 Å². The van der Waals surface area contributed by atoms with Crippen LogP contribution in [0, 0.1) is 0 Å². The normalized spacial score (nSPS) is 10.7. The summed E-state index contributed by atoms with van der Waals surface area (Å²) in [5, 5.41) is 3.81. The molecule has 0 radical (unpaired) electrons.